The molecule has 0 aliphatic heterocycles. The lowest BCUT2D eigenvalue weighted by atomic mass is 10.3. The molecule has 0 amide bonds. The van der Waals surface area contributed by atoms with Crippen molar-refractivity contribution in [2.45, 2.75) is 13.3 Å². The van der Waals surface area contributed by atoms with Gasteiger partial charge in [-0.3, -0.25) is 0 Å². The van der Waals surface area contributed by atoms with Gasteiger partial charge in [0.15, 0.2) is 0 Å². The molecule has 2 rings (SSSR count). The van der Waals surface area contributed by atoms with E-state index in [2.05, 4.69) is 4.98 Å². The van der Waals surface area contributed by atoms with Gasteiger partial charge in [0, 0.05) is 18.1 Å². The fraction of sp³-hybridized carbons (Fsp3) is 0.200. The van der Waals surface area contributed by atoms with E-state index in [4.69, 9.17) is 5.11 Å². The Balaban J connectivity index is 2.67. The zero-order chi connectivity index (χ0) is 10.1. The van der Waals surface area contributed by atoms with Crippen molar-refractivity contribution in [2.24, 2.45) is 0 Å². The molecule has 0 aliphatic rings. The number of aromatic carboxylic acids is 1. The summed E-state index contributed by atoms with van der Waals surface area (Å²) in [6.07, 6.45) is 4.20. The average molecular weight is 190 g/mol. The van der Waals surface area contributed by atoms with Gasteiger partial charge in [0.25, 0.3) is 0 Å². The van der Waals surface area contributed by atoms with E-state index in [1.54, 1.807) is 24.5 Å². The summed E-state index contributed by atoms with van der Waals surface area (Å²) in [7, 11) is 0. The standard InChI is InChI=1S/C10H10N2O2/c1-2-8-5-11-9-4-3-7(10(13)14)6-12(8)9/h3-6H,2H2,1H3,(H,13,14). The summed E-state index contributed by atoms with van der Waals surface area (Å²) in [5.74, 6) is -0.914. The van der Waals surface area contributed by atoms with E-state index >= 15 is 0 Å². The number of hydrogen-bond donors (Lipinski definition) is 1. The molecule has 0 spiro atoms. The molecule has 0 aromatic carbocycles. The predicted molar refractivity (Wildman–Crippen MR) is 51.5 cm³/mol. The minimum absolute atomic E-state index is 0.283. The van der Waals surface area contributed by atoms with Crippen LogP contribution in [0.5, 0.6) is 0 Å². The van der Waals surface area contributed by atoms with E-state index in [0.29, 0.717) is 0 Å². The van der Waals surface area contributed by atoms with Crippen molar-refractivity contribution < 1.29 is 9.90 Å². The first-order valence-electron chi connectivity index (χ1n) is 4.41. The third-order valence-electron chi connectivity index (χ3n) is 2.19. The maximum Gasteiger partial charge on any atom is 0.337 e. The van der Waals surface area contributed by atoms with Crippen LogP contribution in [0.25, 0.3) is 5.65 Å². The summed E-state index contributed by atoms with van der Waals surface area (Å²) in [5, 5.41) is 8.81. The zero-order valence-electron chi connectivity index (χ0n) is 7.77. The van der Waals surface area contributed by atoms with Crippen LogP contribution in [0.4, 0.5) is 0 Å². The normalized spacial score (nSPS) is 10.6. The van der Waals surface area contributed by atoms with Gasteiger partial charge < -0.3 is 9.51 Å². The number of rotatable bonds is 2. The highest BCUT2D eigenvalue weighted by Crippen LogP contribution is 2.09. The SMILES string of the molecule is CCc1cnc2ccc(C(=O)O)cn12. The topological polar surface area (TPSA) is 54.6 Å². The maximum absolute atomic E-state index is 10.7. The molecule has 0 atom stereocenters. The Kier molecular flexibility index (Phi) is 1.96. The number of fused-ring (bicyclic) bond motifs is 1. The minimum Gasteiger partial charge on any atom is -0.478 e. The summed E-state index contributed by atoms with van der Waals surface area (Å²) >= 11 is 0. The smallest absolute Gasteiger partial charge is 0.337 e. The third-order valence-corrected chi connectivity index (χ3v) is 2.19. The molecule has 0 saturated heterocycles. The van der Waals surface area contributed by atoms with Crippen LogP contribution in [0.15, 0.2) is 24.5 Å². The Morgan fingerprint density at radius 3 is 3.00 bits per heavy atom. The Morgan fingerprint density at radius 1 is 1.57 bits per heavy atom. The van der Waals surface area contributed by atoms with Gasteiger partial charge in [0.1, 0.15) is 5.65 Å². The van der Waals surface area contributed by atoms with Crippen LogP contribution in [0.3, 0.4) is 0 Å². The van der Waals surface area contributed by atoms with Gasteiger partial charge in [-0.25, -0.2) is 9.78 Å². The van der Waals surface area contributed by atoms with Crippen molar-refractivity contribution >= 4 is 11.6 Å². The van der Waals surface area contributed by atoms with Gasteiger partial charge in [-0.05, 0) is 18.6 Å². The molecule has 0 fully saturated rings. The van der Waals surface area contributed by atoms with Crippen molar-refractivity contribution in [1.82, 2.24) is 9.38 Å². The number of carbonyl (C=O) groups is 1. The minimum atomic E-state index is -0.914. The summed E-state index contributed by atoms with van der Waals surface area (Å²) in [6.45, 7) is 2.01. The van der Waals surface area contributed by atoms with Crippen molar-refractivity contribution in [2.75, 3.05) is 0 Å². The Bertz CT molecular complexity index is 488. The molecule has 2 aromatic heterocycles. The molecule has 72 valence electrons. The van der Waals surface area contributed by atoms with E-state index in [9.17, 15) is 4.79 Å². The van der Waals surface area contributed by atoms with Crippen LogP contribution in [0, 0.1) is 0 Å². The number of pyridine rings is 1. The highest BCUT2D eigenvalue weighted by Gasteiger charge is 2.06. The predicted octanol–water partition coefficient (Wildman–Crippen LogP) is 1.59. The molecule has 0 aliphatic carbocycles. The van der Waals surface area contributed by atoms with Crippen molar-refractivity contribution in [3.63, 3.8) is 0 Å². The van der Waals surface area contributed by atoms with E-state index in [0.717, 1.165) is 17.8 Å². The summed E-state index contributed by atoms with van der Waals surface area (Å²) in [5.41, 5.74) is 2.08. The molecule has 0 bridgehead atoms. The molecular weight excluding hydrogens is 180 g/mol. The number of hydrogen-bond acceptors (Lipinski definition) is 2. The molecule has 4 heteroatoms. The first-order valence-corrected chi connectivity index (χ1v) is 4.41. The number of carboxylic acids is 1. The first-order chi connectivity index (χ1) is 6.72. The second-order valence-electron chi connectivity index (χ2n) is 3.05. The maximum atomic E-state index is 10.7. The van der Waals surface area contributed by atoms with Gasteiger partial charge in [-0.2, -0.15) is 0 Å². The number of nitrogens with zero attached hydrogens (tertiary/aromatic N) is 2. The summed E-state index contributed by atoms with van der Waals surface area (Å²) in [4.78, 5) is 14.9. The number of carboxylic acid groups (broad SMARTS) is 1. The van der Waals surface area contributed by atoms with Crippen molar-refractivity contribution in [1.29, 1.82) is 0 Å². The van der Waals surface area contributed by atoms with Gasteiger partial charge in [-0.15, -0.1) is 0 Å². The molecule has 0 unspecified atom stereocenters. The van der Waals surface area contributed by atoms with Crippen LogP contribution < -0.4 is 0 Å². The molecule has 2 heterocycles. The van der Waals surface area contributed by atoms with Crippen LogP contribution in [0.2, 0.25) is 0 Å². The Labute approximate surface area is 80.8 Å². The molecule has 0 radical (unpaired) electrons. The van der Waals surface area contributed by atoms with E-state index in [-0.39, 0.29) is 5.56 Å². The lowest BCUT2D eigenvalue weighted by Gasteiger charge is -1.99. The Hall–Kier alpha value is -1.84. The van der Waals surface area contributed by atoms with Crippen molar-refractivity contribution in [3.05, 3.63) is 35.8 Å². The Morgan fingerprint density at radius 2 is 2.36 bits per heavy atom. The molecular formula is C10H10N2O2. The van der Waals surface area contributed by atoms with E-state index in [1.165, 1.54) is 0 Å². The zero-order valence-corrected chi connectivity index (χ0v) is 7.77. The largest absolute Gasteiger partial charge is 0.478 e. The quantitative estimate of drug-likeness (QED) is 0.782. The number of aryl methyl sites for hydroxylation is 1. The highest BCUT2D eigenvalue weighted by molar-refractivity contribution is 5.87. The van der Waals surface area contributed by atoms with Crippen LogP contribution in [-0.4, -0.2) is 20.5 Å². The molecule has 2 aromatic rings. The van der Waals surface area contributed by atoms with Crippen LogP contribution in [0.1, 0.15) is 23.0 Å². The fourth-order valence-corrected chi connectivity index (χ4v) is 1.42. The second kappa shape index (κ2) is 3.14. The molecule has 14 heavy (non-hydrogen) atoms. The lowest BCUT2D eigenvalue weighted by molar-refractivity contribution is 0.0696. The summed E-state index contributed by atoms with van der Waals surface area (Å²) < 4.78 is 1.81. The molecule has 1 N–H and O–H groups in total. The molecule has 0 saturated carbocycles. The van der Waals surface area contributed by atoms with Gasteiger partial charge in [0.05, 0.1) is 5.56 Å². The van der Waals surface area contributed by atoms with Gasteiger partial charge >= 0.3 is 5.97 Å². The monoisotopic (exact) mass is 190 g/mol. The highest BCUT2D eigenvalue weighted by atomic mass is 16.4. The second-order valence-corrected chi connectivity index (χ2v) is 3.05. The first kappa shape index (κ1) is 8.74. The fourth-order valence-electron chi connectivity index (χ4n) is 1.42. The number of aromatic nitrogens is 2. The van der Waals surface area contributed by atoms with Gasteiger partial charge in [0.2, 0.25) is 0 Å². The number of imidazole rings is 1. The van der Waals surface area contributed by atoms with Crippen LogP contribution in [-0.2, 0) is 6.42 Å². The third kappa shape index (κ3) is 1.25. The van der Waals surface area contributed by atoms with Gasteiger partial charge in [-0.1, -0.05) is 6.92 Å². The van der Waals surface area contributed by atoms with Crippen molar-refractivity contribution in [3.8, 4) is 0 Å². The van der Waals surface area contributed by atoms with E-state index in [1.807, 2.05) is 11.3 Å². The van der Waals surface area contributed by atoms with E-state index < -0.39 is 5.97 Å². The molecule has 4 nitrogen and oxygen atoms in total. The summed E-state index contributed by atoms with van der Waals surface area (Å²) in [6, 6.07) is 3.27. The van der Waals surface area contributed by atoms with Crippen LogP contribution >= 0.6 is 0 Å². The lowest BCUT2D eigenvalue weighted by Crippen LogP contribution is -2.00. The average Bonchev–Trinajstić information content (AvgIpc) is 2.59.